The van der Waals surface area contributed by atoms with E-state index in [0.29, 0.717) is 11.3 Å². The van der Waals surface area contributed by atoms with Gasteiger partial charge in [-0.15, -0.1) is 0 Å². The first-order valence-corrected chi connectivity index (χ1v) is 6.99. The first-order valence-electron chi connectivity index (χ1n) is 6.99. The molecule has 0 saturated carbocycles. The van der Waals surface area contributed by atoms with Crippen LogP contribution in [0.5, 0.6) is 5.75 Å². The van der Waals surface area contributed by atoms with Crippen molar-refractivity contribution in [3.8, 4) is 5.75 Å². The lowest BCUT2D eigenvalue weighted by Crippen LogP contribution is -2.47. The minimum atomic E-state index is -0.335. The lowest BCUT2D eigenvalue weighted by Gasteiger charge is -2.25. The topological polar surface area (TPSA) is 50.4 Å². The third-order valence-corrected chi connectivity index (χ3v) is 3.64. The molecular formula is C15H21FN2O2. The van der Waals surface area contributed by atoms with Crippen LogP contribution < -0.4 is 15.4 Å². The molecule has 1 aromatic rings. The molecule has 1 unspecified atom stereocenters. The molecule has 1 amide bonds. The molecule has 2 atom stereocenters. The van der Waals surface area contributed by atoms with Gasteiger partial charge < -0.3 is 15.4 Å². The average molecular weight is 280 g/mol. The van der Waals surface area contributed by atoms with Crippen molar-refractivity contribution < 1.29 is 13.9 Å². The standard InChI is InChI=1S/C15H21FN2O2/c1-10(12-9-11(16)6-7-14(12)20-2)18-15(19)13-5-3-4-8-17-13/h6-7,9-10,13,17H,3-5,8H2,1-2H3,(H,18,19)/t10?,13-/m1/s1. The van der Waals surface area contributed by atoms with Crippen molar-refractivity contribution in [3.63, 3.8) is 0 Å². The van der Waals surface area contributed by atoms with Crippen LogP contribution in [0.4, 0.5) is 4.39 Å². The summed E-state index contributed by atoms with van der Waals surface area (Å²) in [5.74, 6) is 0.206. The fraction of sp³-hybridized carbons (Fsp3) is 0.533. The number of hydrogen-bond acceptors (Lipinski definition) is 3. The third-order valence-electron chi connectivity index (χ3n) is 3.64. The Morgan fingerprint density at radius 3 is 2.95 bits per heavy atom. The lowest BCUT2D eigenvalue weighted by atomic mass is 10.0. The Hall–Kier alpha value is -1.62. The molecule has 1 heterocycles. The van der Waals surface area contributed by atoms with Crippen LogP contribution in [0.1, 0.15) is 37.8 Å². The van der Waals surface area contributed by atoms with E-state index in [4.69, 9.17) is 4.74 Å². The predicted molar refractivity (Wildman–Crippen MR) is 75.2 cm³/mol. The Labute approximate surface area is 118 Å². The number of benzene rings is 1. The summed E-state index contributed by atoms with van der Waals surface area (Å²) < 4.78 is 18.6. The molecule has 0 aliphatic carbocycles. The van der Waals surface area contributed by atoms with Crippen molar-refractivity contribution >= 4 is 5.91 Å². The number of rotatable bonds is 4. The summed E-state index contributed by atoms with van der Waals surface area (Å²) in [5.41, 5.74) is 0.650. The van der Waals surface area contributed by atoms with Crippen LogP contribution in [0.2, 0.25) is 0 Å². The summed E-state index contributed by atoms with van der Waals surface area (Å²) in [6, 6.07) is 3.88. The highest BCUT2D eigenvalue weighted by Gasteiger charge is 2.23. The smallest absolute Gasteiger partial charge is 0.237 e. The molecule has 0 spiro atoms. The SMILES string of the molecule is COc1ccc(F)cc1C(C)NC(=O)[C@H]1CCCCN1. The van der Waals surface area contributed by atoms with E-state index in [1.165, 1.54) is 19.2 Å². The molecular weight excluding hydrogens is 259 g/mol. The van der Waals surface area contributed by atoms with E-state index in [1.54, 1.807) is 6.07 Å². The summed E-state index contributed by atoms with van der Waals surface area (Å²) in [6.07, 6.45) is 3.01. The van der Waals surface area contributed by atoms with Gasteiger partial charge in [-0.05, 0) is 44.5 Å². The second-order valence-corrected chi connectivity index (χ2v) is 5.12. The molecule has 20 heavy (non-hydrogen) atoms. The largest absolute Gasteiger partial charge is 0.496 e. The fourth-order valence-corrected chi connectivity index (χ4v) is 2.51. The second-order valence-electron chi connectivity index (χ2n) is 5.12. The number of halogens is 1. The molecule has 1 fully saturated rings. The number of amides is 1. The Balaban J connectivity index is 2.05. The molecule has 0 bridgehead atoms. The maximum atomic E-state index is 13.4. The van der Waals surface area contributed by atoms with E-state index >= 15 is 0 Å². The van der Waals surface area contributed by atoms with Crippen molar-refractivity contribution in [3.05, 3.63) is 29.6 Å². The summed E-state index contributed by atoms with van der Waals surface area (Å²) in [6.45, 7) is 2.70. The number of hydrogen-bond donors (Lipinski definition) is 2. The molecule has 1 aliphatic rings. The minimum absolute atomic E-state index is 0.0384. The van der Waals surface area contributed by atoms with E-state index in [2.05, 4.69) is 10.6 Å². The van der Waals surface area contributed by atoms with Crippen LogP contribution in [-0.4, -0.2) is 25.6 Å². The van der Waals surface area contributed by atoms with Crippen LogP contribution in [0, 0.1) is 5.82 Å². The highest BCUT2D eigenvalue weighted by Crippen LogP contribution is 2.26. The zero-order valence-electron chi connectivity index (χ0n) is 11.9. The van der Waals surface area contributed by atoms with E-state index in [9.17, 15) is 9.18 Å². The van der Waals surface area contributed by atoms with Gasteiger partial charge in [0.1, 0.15) is 11.6 Å². The molecule has 1 aliphatic heterocycles. The molecule has 2 N–H and O–H groups in total. The Kier molecular flexibility index (Phi) is 4.95. The normalized spacial score (nSPS) is 20.2. The molecule has 110 valence electrons. The fourth-order valence-electron chi connectivity index (χ4n) is 2.51. The Bertz CT molecular complexity index is 473. The first kappa shape index (κ1) is 14.8. The van der Waals surface area contributed by atoms with Gasteiger partial charge in [0.2, 0.25) is 5.91 Å². The monoisotopic (exact) mass is 280 g/mol. The molecule has 0 aromatic heterocycles. The zero-order valence-corrected chi connectivity index (χ0v) is 11.9. The van der Waals surface area contributed by atoms with Gasteiger partial charge in [-0.25, -0.2) is 4.39 Å². The van der Waals surface area contributed by atoms with E-state index in [0.717, 1.165) is 25.8 Å². The number of piperidine rings is 1. The number of ether oxygens (including phenoxy) is 1. The quantitative estimate of drug-likeness (QED) is 0.888. The van der Waals surface area contributed by atoms with Crippen LogP contribution in [0.25, 0.3) is 0 Å². The number of carbonyl (C=O) groups excluding carboxylic acids is 1. The maximum Gasteiger partial charge on any atom is 0.237 e. The second kappa shape index (κ2) is 6.70. The van der Waals surface area contributed by atoms with Gasteiger partial charge >= 0.3 is 0 Å². The van der Waals surface area contributed by atoms with Gasteiger partial charge in [0, 0.05) is 5.56 Å². The van der Waals surface area contributed by atoms with Crippen molar-refractivity contribution in [1.29, 1.82) is 0 Å². The Morgan fingerprint density at radius 1 is 1.50 bits per heavy atom. The molecule has 1 aromatic carbocycles. The van der Waals surface area contributed by atoms with Gasteiger partial charge in [0.05, 0.1) is 19.2 Å². The molecule has 1 saturated heterocycles. The maximum absolute atomic E-state index is 13.4. The van der Waals surface area contributed by atoms with Crippen molar-refractivity contribution in [1.82, 2.24) is 10.6 Å². The zero-order chi connectivity index (χ0) is 14.5. The van der Waals surface area contributed by atoms with E-state index in [-0.39, 0.29) is 23.8 Å². The van der Waals surface area contributed by atoms with Crippen molar-refractivity contribution in [2.24, 2.45) is 0 Å². The van der Waals surface area contributed by atoms with Gasteiger partial charge in [0.15, 0.2) is 0 Å². The van der Waals surface area contributed by atoms with Gasteiger partial charge in [-0.2, -0.15) is 0 Å². The summed E-state index contributed by atoms with van der Waals surface area (Å²) >= 11 is 0. The van der Waals surface area contributed by atoms with Gasteiger partial charge in [0.25, 0.3) is 0 Å². The number of carbonyl (C=O) groups is 1. The van der Waals surface area contributed by atoms with Crippen molar-refractivity contribution in [2.75, 3.05) is 13.7 Å². The summed E-state index contributed by atoms with van der Waals surface area (Å²) in [7, 11) is 1.54. The highest BCUT2D eigenvalue weighted by atomic mass is 19.1. The average Bonchev–Trinajstić information content (AvgIpc) is 2.48. The molecule has 2 rings (SSSR count). The molecule has 4 nitrogen and oxygen atoms in total. The van der Waals surface area contributed by atoms with Gasteiger partial charge in [-0.3, -0.25) is 4.79 Å². The Morgan fingerprint density at radius 2 is 2.30 bits per heavy atom. The van der Waals surface area contributed by atoms with E-state index in [1.807, 2.05) is 6.92 Å². The van der Waals surface area contributed by atoms with Crippen molar-refractivity contribution in [2.45, 2.75) is 38.3 Å². The lowest BCUT2D eigenvalue weighted by molar-refractivity contribution is -0.124. The van der Waals surface area contributed by atoms with Gasteiger partial charge in [-0.1, -0.05) is 6.42 Å². The minimum Gasteiger partial charge on any atom is -0.496 e. The first-order chi connectivity index (χ1) is 9.61. The van der Waals surface area contributed by atoms with E-state index < -0.39 is 0 Å². The summed E-state index contributed by atoms with van der Waals surface area (Å²) in [5, 5.41) is 6.12. The number of nitrogens with one attached hydrogen (secondary N) is 2. The van der Waals surface area contributed by atoms with Crippen LogP contribution >= 0.6 is 0 Å². The highest BCUT2D eigenvalue weighted by molar-refractivity contribution is 5.82. The predicted octanol–water partition coefficient (Wildman–Crippen LogP) is 2.15. The van der Waals surface area contributed by atoms with Crippen LogP contribution in [-0.2, 0) is 4.79 Å². The molecule has 5 heteroatoms. The summed E-state index contributed by atoms with van der Waals surface area (Å²) in [4.78, 5) is 12.2. The number of methoxy groups -OCH3 is 1. The van der Waals surface area contributed by atoms with Crippen LogP contribution in [0.3, 0.4) is 0 Å². The third kappa shape index (κ3) is 3.48. The van der Waals surface area contributed by atoms with Crippen LogP contribution in [0.15, 0.2) is 18.2 Å². The molecule has 0 radical (unpaired) electrons.